The van der Waals surface area contributed by atoms with Crippen LogP contribution in [0.25, 0.3) is 11.4 Å². The van der Waals surface area contributed by atoms with Crippen LogP contribution >= 0.6 is 0 Å². The van der Waals surface area contributed by atoms with E-state index >= 15 is 0 Å². The second-order valence-electron chi connectivity index (χ2n) is 16.1. The molecule has 6 aromatic carbocycles. The maximum Gasteiger partial charge on any atom is 0.325 e. The van der Waals surface area contributed by atoms with Crippen LogP contribution in [-0.2, 0) is 42.3 Å². The summed E-state index contributed by atoms with van der Waals surface area (Å²) in [7, 11) is 0. The van der Waals surface area contributed by atoms with Crippen molar-refractivity contribution < 1.29 is 23.9 Å². The monoisotopic (exact) mass is 850 g/mol. The van der Waals surface area contributed by atoms with Crippen LogP contribution in [-0.4, -0.2) is 61.8 Å². The van der Waals surface area contributed by atoms with E-state index in [-0.39, 0.29) is 25.0 Å². The molecule has 322 valence electrons. The lowest BCUT2D eigenvalue weighted by Crippen LogP contribution is -2.64. The van der Waals surface area contributed by atoms with Crippen molar-refractivity contribution in [3.8, 4) is 11.4 Å². The summed E-state index contributed by atoms with van der Waals surface area (Å²) in [5.41, 5.74) is 1.63. The molecule has 2 atom stereocenters. The van der Waals surface area contributed by atoms with Gasteiger partial charge < -0.3 is 10.1 Å². The molecule has 0 aliphatic carbocycles. The summed E-state index contributed by atoms with van der Waals surface area (Å²) >= 11 is 0. The number of esters is 1. The van der Waals surface area contributed by atoms with Gasteiger partial charge in [-0.15, -0.1) is 5.10 Å². The molecule has 8 rings (SSSR count). The molecule has 2 heterocycles. The highest BCUT2D eigenvalue weighted by molar-refractivity contribution is 6.13. The summed E-state index contributed by atoms with van der Waals surface area (Å²) in [6.07, 6.45) is 1.36. The molecule has 0 amide bonds. The molecule has 1 aromatic heterocycles. The molecule has 0 saturated carbocycles. The fourth-order valence-electron chi connectivity index (χ4n) is 8.65. The highest BCUT2D eigenvalue weighted by Crippen LogP contribution is 2.42. The van der Waals surface area contributed by atoms with Gasteiger partial charge in [0.1, 0.15) is 11.6 Å². The third kappa shape index (κ3) is 8.99. The predicted molar refractivity (Wildman–Crippen MR) is 244 cm³/mol. The topological polar surface area (TPSA) is 145 Å². The van der Waals surface area contributed by atoms with E-state index in [1.165, 1.54) is 0 Å². The number of hydrogen-bond acceptors (Lipinski definition) is 10. The standard InChI is InChI=1S/C53H50N6O5/c1-2-19-46(60)49(55-53(64-51(63)45-30-18-35-54-45,47(61)36-38-20-8-3-9-21-38)48(62)37-39-22-10-4-11-23-39)40-31-33-41(34-32-40)50-56-57-58-59(50)52(42-24-12-5-13-25-42,43-26-14-6-15-27-43)44-28-16-7-17-29-44/h3-17,20-29,31-34,45,49,54-55H,2,18-19,30,35-37H2,1H3/t45-,49-/m0/s1. The van der Waals surface area contributed by atoms with Gasteiger partial charge in [-0.05, 0) is 69.6 Å². The average molecular weight is 851 g/mol. The minimum absolute atomic E-state index is 0.124. The van der Waals surface area contributed by atoms with E-state index in [9.17, 15) is 19.2 Å². The van der Waals surface area contributed by atoms with Gasteiger partial charge in [-0.2, -0.15) is 0 Å². The lowest BCUT2D eigenvalue weighted by atomic mass is 9.77. The van der Waals surface area contributed by atoms with Crippen molar-refractivity contribution in [1.29, 1.82) is 0 Å². The minimum Gasteiger partial charge on any atom is -0.427 e. The van der Waals surface area contributed by atoms with Crippen molar-refractivity contribution in [2.75, 3.05) is 6.54 Å². The van der Waals surface area contributed by atoms with Crippen LogP contribution in [0.15, 0.2) is 176 Å². The van der Waals surface area contributed by atoms with Crippen molar-refractivity contribution in [2.45, 2.75) is 68.8 Å². The molecule has 2 N–H and O–H groups in total. The second kappa shape index (κ2) is 19.9. The van der Waals surface area contributed by atoms with Gasteiger partial charge in [0.25, 0.3) is 5.72 Å². The van der Waals surface area contributed by atoms with Crippen LogP contribution in [0.5, 0.6) is 0 Å². The molecule has 1 saturated heterocycles. The average Bonchev–Trinajstić information content (AvgIpc) is 4.07. The molecule has 1 aliphatic heterocycles. The Hall–Kier alpha value is -7.21. The number of carbonyl (C=O) groups excluding carboxylic acids is 4. The molecule has 0 radical (unpaired) electrons. The van der Waals surface area contributed by atoms with Crippen molar-refractivity contribution in [2.24, 2.45) is 0 Å². The molecular weight excluding hydrogens is 801 g/mol. The zero-order chi connectivity index (χ0) is 44.4. The number of Topliss-reactive ketones (excluding diaryl/α,β-unsaturated/α-hetero) is 3. The Morgan fingerprint density at radius 1 is 0.688 bits per heavy atom. The minimum atomic E-state index is -2.52. The van der Waals surface area contributed by atoms with Crippen molar-refractivity contribution in [3.63, 3.8) is 0 Å². The van der Waals surface area contributed by atoms with Gasteiger partial charge >= 0.3 is 5.97 Å². The first-order chi connectivity index (χ1) is 31.3. The first kappa shape index (κ1) is 43.4. The van der Waals surface area contributed by atoms with E-state index in [0.29, 0.717) is 47.5 Å². The van der Waals surface area contributed by atoms with Crippen LogP contribution in [0, 0.1) is 0 Å². The Kier molecular flexibility index (Phi) is 13.5. The van der Waals surface area contributed by atoms with Gasteiger partial charge in [-0.3, -0.25) is 24.5 Å². The Bertz CT molecular complexity index is 2500. The third-order valence-corrected chi connectivity index (χ3v) is 11.8. The van der Waals surface area contributed by atoms with Crippen molar-refractivity contribution >= 4 is 23.3 Å². The Morgan fingerprint density at radius 3 is 1.62 bits per heavy atom. The number of carbonyl (C=O) groups is 4. The maximum absolute atomic E-state index is 14.9. The zero-order valence-electron chi connectivity index (χ0n) is 35.7. The maximum atomic E-state index is 14.9. The molecule has 11 nitrogen and oxygen atoms in total. The Morgan fingerprint density at radius 2 is 1.17 bits per heavy atom. The molecule has 0 bridgehead atoms. The van der Waals surface area contributed by atoms with Crippen LogP contribution in [0.1, 0.15) is 72.0 Å². The number of tetrazole rings is 1. The molecule has 1 fully saturated rings. The number of hydrogen-bond donors (Lipinski definition) is 2. The fourth-order valence-corrected chi connectivity index (χ4v) is 8.65. The van der Waals surface area contributed by atoms with Gasteiger partial charge in [-0.25, -0.2) is 4.68 Å². The lowest BCUT2D eigenvalue weighted by molar-refractivity contribution is -0.179. The second-order valence-corrected chi connectivity index (χ2v) is 16.1. The largest absolute Gasteiger partial charge is 0.427 e. The predicted octanol–water partition coefficient (Wildman–Crippen LogP) is 7.80. The number of benzene rings is 6. The van der Waals surface area contributed by atoms with Crippen LogP contribution < -0.4 is 10.6 Å². The van der Waals surface area contributed by atoms with E-state index in [1.54, 1.807) is 60.7 Å². The van der Waals surface area contributed by atoms with Crippen molar-refractivity contribution in [3.05, 3.63) is 209 Å². The quantitative estimate of drug-likeness (QED) is 0.0358. The number of nitrogens with one attached hydrogen (secondary N) is 2. The van der Waals surface area contributed by atoms with Gasteiger partial charge in [0.15, 0.2) is 11.6 Å². The third-order valence-electron chi connectivity index (χ3n) is 11.8. The summed E-state index contributed by atoms with van der Waals surface area (Å²) in [6, 6.07) is 53.4. The first-order valence-electron chi connectivity index (χ1n) is 21.8. The van der Waals surface area contributed by atoms with Crippen LogP contribution in [0.4, 0.5) is 0 Å². The van der Waals surface area contributed by atoms with E-state index < -0.39 is 40.9 Å². The normalized spacial score (nSPS) is 14.4. The number of rotatable bonds is 19. The van der Waals surface area contributed by atoms with Gasteiger partial charge in [-0.1, -0.05) is 183 Å². The van der Waals surface area contributed by atoms with Crippen LogP contribution in [0.2, 0.25) is 0 Å². The molecule has 1 aliphatic rings. The zero-order valence-corrected chi connectivity index (χ0v) is 35.7. The van der Waals surface area contributed by atoms with E-state index in [2.05, 4.69) is 62.6 Å². The summed E-state index contributed by atoms with van der Waals surface area (Å²) < 4.78 is 8.06. The van der Waals surface area contributed by atoms with Gasteiger partial charge in [0, 0.05) is 24.8 Å². The summed E-state index contributed by atoms with van der Waals surface area (Å²) in [5, 5.41) is 19.8. The number of ether oxygens (including phenoxy) is 1. The Balaban J connectivity index is 1.24. The molecule has 7 aromatic rings. The molecular formula is C53H50N6O5. The van der Waals surface area contributed by atoms with Crippen LogP contribution in [0.3, 0.4) is 0 Å². The summed E-state index contributed by atoms with van der Waals surface area (Å²) in [6.45, 7) is 2.48. The highest BCUT2D eigenvalue weighted by Gasteiger charge is 2.52. The van der Waals surface area contributed by atoms with Crippen molar-refractivity contribution in [1.82, 2.24) is 30.8 Å². The van der Waals surface area contributed by atoms with E-state index in [4.69, 9.17) is 4.74 Å². The molecule has 64 heavy (non-hydrogen) atoms. The highest BCUT2D eigenvalue weighted by atomic mass is 16.6. The number of aromatic nitrogens is 4. The Labute approximate surface area is 372 Å². The van der Waals surface area contributed by atoms with Gasteiger partial charge in [0.05, 0.1) is 6.04 Å². The molecule has 11 heteroatoms. The first-order valence-corrected chi connectivity index (χ1v) is 21.8. The SMILES string of the molecule is CCCC(=O)[C@@H](NC(OC(=O)[C@@H]1CCCN1)(C(=O)Cc1ccccc1)C(=O)Cc1ccccc1)c1ccc(-c2nnnn2C(c2ccccc2)(c2ccccc2)c2ccccc2)cc1. The fraction of sp³-hybridized carbons (Fsp3) is 0.226. The molecule has 0 unspecified atom stereocenters. The number of nitrogens with zero attached hydrogens (tertiary/aromatic N) is 4. The molecule has 0 spiro atoms. The van der Waals surface area contributed by atoms with E-state index in [0.717, 1.165) is 23.1 Å². The van der Waals surface area contributed by atoms with E-state index in [1.807, 2.05) is 90.5 Å². The summed E-state index contributed by atoms with van der Waals surface area (Å²) in [5.74, 6) is -1.94. The smallest absolute Gasteiger partial charge is 0.325 e. The lowest BCUT2D eigenvalue weighted by Gasteiger charge is -2.36. The van der Waals surface area contributed by atoms with Gasteiger partial charge in [0.2, 0.25) is 11.6 Å². The number of ketones is 3. The summed E-state index contributed by atoms with van der Waals surface area (Å²) in [4.78, 5) is 58.3.